The highest BCUT2D eigenvalue weighted by Crippen LogP contribution is 2.30. The summed E-state index contributed by atoms with van der Waals surface area (Å²) < 4.78 is 0. The van der Waals surface area contributed by atoms with E-state index in [1.807, 2.05) is 0 Å². The van der Waals surface area contributed by atoms with E-state index in [1.165, 1.54) is 25.7 Å². The molecule has 4 nitrogen and oxygen atoms in total. The lowest BCUT2D eigenvalue weighted by Gasteiger charge is -2.39. The molecule has 0 saturated heterocycles. The van der Waals surface area contributed by atoms with Crippen molar-refractivity contribution in [2.75, 3.05) is 41.4 Å². The van der Waals surface area contributed by atoms with Gasteiger partial charge in [-0.3, -0.25) is 0 Å². The molecular formula is C14H30N2O2. The average Bonchev–Trinajstić information content (AvgIpc) is 2.14. The minimum atomic E-state index is 0.364. The first-order valence-corrected chi connectivity index (χ1v) is 7.05. The molecule has 0 aliphatic heterocycles. The fourth-order valence-electron chi connectivity index (χ4n) is 2.89. The lowest BCUT2D eigenvalue weighted by atomic mass is 9.79. The largest absolute Gasteiger partial charge is 0.396 e. The first-order valence-electron chi connectivity index (χ1n) is 7.05. The van der Waals surface area contributed by atoms with Gasteiger partial charge in [0.15, 0.2) is 0 Å². The van der Waals surface area contributed by atoms with Gasteiger partial charge in [-0.2, -0.15) is 0 Å². The third-order valence-electron chi connectivity index (χ3n) is 4.55. The Kier molecular flexibility index (Phi) is 6.57. The van der Waals surface area contributed by atoms with Crippen molar-refractivity contribution in [3.63, 3.8) is 0 Å². The molecule has 0 aromatic rings. The van der Waals surface area contributed by atoms with Gasteiger partial charge in [-0.05, 0) is 65.7 Å². The van der Waals surface area contributed by atoms with Crippen molar-refractivity contribution in [1.82, 2.24) is 9.80 Å². The molecule has 0 spiro atoms. The van der Waals surface area contributed by atoms with Crippen LogP contribution < -0.4 is 0 Å². The van der Waals surface area contributed by atoms with Gasteiger partial charge in [0.2, 0.25) is 0 Å². The predicted molar refractivity (Wildman–Crippen MR) is 74.6 cm³/mol. The van der Waals surface area contributed by atoms with Gasteiger partial charge in [0.1, 0.15) is 0 Å². The summed E-state index contributed by atoms with van der Waals surface area (Å²) in [6.45, 7) is 0.728. The SMILES string of the molecule is CN(C)[C@@H]1CC[C@H]1CO.CN(C)[C@H]1CC[C@@H]1CO. The molecule has 2 rings (SSSR count). The molecule has 18 heavy (non-hydrogen) atoms. The van der Waals surface area contributed by atoms with Crippen LogP contribution >= 0.6 is 0 Å². The van der Waals surface area contributed by atoms with Crippen molar-refractivity contribution in [1.29, 1.82) is 0 Å². The first-order chi connectivity index (χ1) is 8.51. The molecule has 2 saturated carbocycles. The second-order valence-corrected chi connectivity index (χ2v) is 6.10. The van der Waals surface area contributed by atoms with Gasteiger partial charge in [0.25, 0.3) is 0 Å². The Labute approximate surface area is 112 Å². The van der Waals surface area contributed by atoms with E-state index in [4.69, 9.17) is 10.2 Å². The van der Waals surface area contributed by atoms with Crippen molar-refractivity contribution in [3.8, 4) is 0 Å². The molecule has 2 N–H and O–H groups in total. The van der Waals surface area contributed by atoms with E-state index >= 15 is 0 Å². The van der Waals surface area contributed by atoms with Crippen LogP contribution in [0, 0.1) is 11.8 Å². The zero-order valence-corrected chi connectivity index (χ0v) is 12.3. The zero-order valence-electron chi connectivity index (χ0n) is 12.3. The van der Waals surface area contributed by atoms with Gasteiger partial charge < -0.3 is 20.0 Å². The summed E-state index contributed by atoms with van der Waals surface area (Å²) in [6, 6.07) is 1.30. The average molecular weight is 258 g/mol. The molecule has 0 unspecified atom stereocenters. The van der Waals surface area contributed by atoms with Gasteiger partial charge >= 0.3 is 0 Å². The van der Waals surface area contributed by atoms with Crippen LogP contribution in [0.3, 0.4) is 0 Å². The smallest absolute Gasteiger partial charge is 0.0474 e. The summed E-state index contributed by atoms with van der Waals surface area (Å²) in [7, 11) is 8.30. The van der Waals surface area contributed by atoms with Crippen molar-refractivity contribution in [2.24, 2.45) is 11.8 Å². The van der Waals surface area contributed by atoms with Crippen LogP contribution in [0.25, 0.3) is 0 Å². The zero-order chi connectivity index (χ0) is 13.7. The normalized spacial score (nSPS) is 34.7. The van der Waals surface area contributed by atoms with Crippen LogP contribution in [0.5, 0.6) is 0 Å². The van der Waals surface area contributed by atoms with E-state index in [0.717, 1.165) is 0 Å². The van der Waals surface area contributed by atoms with Crippen LogP contribution in [0.4, 0.5) is 0 Å². The molecule has 0 radical (unpaired) electrons. The summed E-state index contributed by atoms with van der Waals surface area (Å²) in [6.07, 6.45) is 4.94. The summed E-state index contributed by atoms with van der Waals surface area (Å²) in [5.41, 5.74) is 0. The Morgan fingerprint density at radius 2 is 1.06 bits per heavy atom. The van der Waals surface area contributed by atoms with Crippen LogP contribution in [0.15, 0.2) is 0 Å². The van der Waals surface area contributed by atoms with Gasteiger partial charge in [0.05, 0.1) is 0 Å². The molecule has 4 atom stereocenters. The van der Waals surface area contributed by atoms with E-state index in [9.17, 15) is 0 Å². The Morgan fingerprint density at radius 1 is 0.722 bits per heavy atom. The summed E-state index contributed by atoms with van der Waals surface area (Å²) in [5, 5.41) is 17.6. The number of aliphatic hydroxyl groups excluding tert-OH is 2. The molecule has 0 aromatic carbocycles. The topological polar surface area (TPSA) is 46.9 Å². The van der Waals surface area contributed by atoms with Crippen molar-refractivity contribution >= 4 is 0 Å². The third kappa shape index (κ3) is 3.92. The van der Waals surface area contributed by atoms with Crippen LogP contribution in [-0.2, 0) is 0 Å². The lowest BCUT2D eigenvalue weighted by molar-refractivity contribution is 0.0557. The second-order valence-electron chi connectivity index (χ2n) is 6.10. The van der Waals surface area contributed by atoms with Crippen LogP contribution in [-0.4, -0.2) is 73.5 Å². The Hall–Kier alpha value is -0.160. The molecule has 2 fully saturated rings. The van der Waals surface area contributed by atoms with Gasteiger partial charge in [0, 0.05) is 25.3 Å². The van der Waals surface area contributed by atoms with Crippen LogP contribution in [0.1, 0.15) is 25.7 Å². The molecule has 0 amide bonds. The summed E-state index contributed by atoms with van der Waals surface area (Å²) >= 11 is 0. The molecule has 108 valence electrons. The first kappa shape index (κ1) is 15.9. The maximum absolute atomic E-state index is 8.78. The molecule has 0 bridgehead atoms. The molecule has 2 aliphatic carbocycles. The monoisotopic (exact) mass is 258 g/mol. The Balaban J connectivity index is 0.000000180. The number of aliphatic hydroxyl groups is 2. The number of hydrogen-bond donors (Lipinski definition) is 2. The van der Waals surface area contributed by atoms with Crippen molar-refractivity contribution in [3.05, 3.63) is 0 Å². The third-order valence-corrected chi connectivity index (χ3v) is 4.55. The fraction of sp³-hybridized carbons (Fsp3) is 1.00. The Bertz CT molecular complexity index is 206. The number of hydrogen-bond acceptors (Lipinski definition) is 4. The highest BCUT2D eigenvalue weighted by Gasteiger charge is 2.31. The quantitative estimate of drug-likeness (QED) is 0.777. The Morgan fingerprint density at radius 3 is 1.11 bits per heavy atom. The van der Waals surface area contributed by atoms with Gasteiger partial charge in [-0.15, -0.1) is 0 Å². The van der Waals surface area contributed by atoms with E-state index in [1.54, 1.807) is 0 Å². The van der Waals surface area contributed by atoms with E-state index in [2.05, 4.69) is 38.0 Å². The number of rotatable bonds is 4. The molecule has 4 heteroatoms. The highest BCUT2D eigenvalue weighted by atomic mass is 16.3. The van der Waals surface area contributed by atoms with Crippen LogP contribution in [0.2, 0.25) is 0 Å². The molecule has 0 aromatic heterocycles. The van der Waals surface area contributed by atoms with Gasteiger partial charge in [-0.25, -0.2) is 0 Å². The standard InChI is InChI=1S/2C7H15NO/c2*1-8(2)7-4-3-6(7)5-9/h2*6-7,9H,3-5H2,1-2H3/t2*6-,7+/m10/s1. The minimum absolute atomic E-state index is 0.364. The van der Waals surface area contributed by atoms with E-state index in [-0.39, 0.29) is 0 Å². The highest BCUT2D eigenvalue weighted by molar-refractivity contribution is 4.86. The second kappa shape index (κ2) is 7.43. The summed E-state index contributed by atoms with van der Waals surface area (Å²) in [5.74, 6) is 1.11. The summed E-state index contributed by atoms with van der Waals surface area (Å²) in [4.78, 5) is 4.40. The van der Waals surface area contributed by atoms with Gasteiger partial charge in [-0.1, -0.05) is 0 Å². The van der Waals surface area contributed by atoms with E-state index < -0.39 is 0 Å². The fourth-order valence-corrected chi connectivity index (χ4v) is 2.89. The lowest BCUT2D eigenvalue weighted by Crippen LogP contribution is -2.44. The predicted octanol–water partition coefficient (Wildman–Crippen LogP) is 0.638. The molecule has 0 heterocycles. The number of nitrogens with zero attached hydrogens (tertiary/aromatic N) is 2. The maximum Gasteiger partial charge on any atom is 0.0474 e. The van der Waals surface area contributed by atoms with Crippen molar-refractivity contribution in [2.45, 2.75) is 37.8 Å². The molecular weight excluding hydrogens is 228 g/mol. The van der Waals surface area contributed by atoms with Crippen molar-refractivity contribution < 1.29 is 10.2 Å². The van der Waals surface area contributed by atoms with E-state index in [0.29, 0.717) is 37.1 Å². The minimum Gasteiger partial charge on any atom is -0.396 e. The maximum atomic E-state index is 8.78. The molecule has 2 aliphatic rings.